The number of nitrogens with zero attached hydrogens (tertiary/aromatic N) is 2. The second-order valence-electron chi connectivity index (χ2n) is 11.1. The number of ether oxygens (including phenoxy) is 1. The number of amides is 1. The summed E-state index contributed by atoms with van der Waals surface area (Å²) in [6, 6.07) is 11.1. The molecule has 5 fully saturated rings. The molecule has 1 amide bonds. The molecular formula is C27H38N2O2. The molecule has 1 atom stereocenters. The molecule has 0 radical (unpaired) electrons. The van der Waals surface area contributed by atoms with E-state index in [2.05, 4.69) is 34.1 Å². The lowest BCUT2D eigenvalue weighted by Crippen LogP contribution is -2.75. The number of carbonyl (C=O) groups is 1. The number of rotatable bonds is 6. The molecule has 2 heterocycles. The van der Waals surface area contributed by atoms with Gasteiger partial charge in [-0.05, 0) is 62.8 Å². The third kappa shape index (κ3) is 3.54. The third-order valence-corrected chi connectivity index (χ3v) is 9.16. The van der Waals surface area contributed by atoms with Crippen molar-refractivity contribution in [2.24, 2.45) is 5.92 Å². The monoisotopic (exact) mass is 422 g/mol. The van der Waals surface area contributed by atoms with E-state index in [4.69, 9.17) is 4.74 Å². The molecule has 4 heteroatoms. The van der Waals surface area contributed by atoms with Crippen LogP contribution in [-0.2, 0) is 14.9 Å². The van der Waals surface area contributed by atoms with Crippen molar-refractivity contribution < 1.29 is 9.53 Å². The molecule has 6 rings (SSSR count). The Hall–Kier alpha value is -1.39. The average Bonchev–Trinajstić information content (AvgIpc) is 3.75. The maximum Gasteiger partial charge on any atom is 0.233 e. The van der Waals surface area contributed by atoms with Gasteiger partial charge in [0.2, 0.25) is 5.91 Å². The SMILES string of the molecule is O=C(N1CCC(N2CC(OCC3CC3)C23CCCCC3)CC1)C1(c2ccccc2)CC1. The van der Waals surface area contributed by atoms with Gasteiger partial charge in [0, 0.05) is 37.8 Å². The van der Waals surface area contributed by atoms with Gasteiger partial charge in [-0.25, -0.2) is 0 Å². The molecule has 5 aliphatic rings. The van der Waals surface area contributed by atoms with Gasteiger partial charge in [-0.3, -0.25) is 9.69 Å². The Kier molecular flexibility index (Phi) is 5.14. The lowest BCUT2D eigenvalue weighted by molar-refractivity contribution is -0.203. The fourth-order valence-electron chi connectivity index (χ4n) is 6.82. The Morgan fingerprint density at radius 1 is 0.935 bits per heavy atom. The quantitative estimate of drug-likeness (QED) is 0.676. The van der Waals surface area contributed by atoms with Crippen LogP contribution in [0.15, 0.2) is 30.3 Å². The van der Waals surface area contributed by atoms with Crippen LogP contribution in [0, 0.1) is 5.92 Å². The topological polar surface area (TPSA) is 32.8 Å². The van der Waals surface area contributed by atoms with Crippen molar-refractivity contribution in [3.8, 4) is 0 Å². The van der Waals surface area contributed by atoms with Crippen LogP contribution in [0.2, 0.25) is 0 Å². The van der Waals surface area contributed by atoms with Crippen LogP contribution in [0.25, 0.3) is 0 Å². The summed E-state index contributed by atoms with van der Waals surface area (Å²) >= 11 is 0. The minimum atomic E-state index is -0.211. The summed E-state index contributed by atoms with van der Waals surface area (Å²) in [7, 11) is 0. The van der Waals surface area contributed by atoms with Gasteiger partial charge in [0.25, 0.3) is 0 Å². The Labute approximate surface area is 187 Å². The van der Waals surface area contributed by atoms with Crippen molar-refractivity contribution >= 4 is 5.91 Å². The van der Waals surface area contributed by atoms with Gasteiger partial charge in [0.05, 0.1) is 11.5 Å². The van der Waals surface area contributed by atoms with E-state index in [-0.39, 0.29) is 5.41 Å². The first-order valence-corrected chi connectivity index (χ1v) is 12.9. The first-order chi connectivity index (χ1) is 15.2. The van der Waals surface area contributed by atoms with E-state index in [1.165, 1.54) is 50.5 Å². The summed E-state index contributed by atoms with van der Waals surface area (Å²) in [5.74, 6) is 1.24. The van der Waals surface area contributed by atoms with Crippen LogP contribution >= 0.6 is 0 Å². The second-order valence-corrected chi connectivity index (χ2v) is 11.1. The van der Waals surface area contributed by atoms with Crippen molar-refractivity contribution in [1.29, 1.82) is 0 Å². The van der Waals surface area contributed by atoms with E-state index in [0.29, 0.717) is 23.6 Å². The molecule has 2 saturated heterocycles. The number of likely N-dealkylation sites (tertiary alicyclic amines) is 2. The van der Waals surface area contributed by atoms with E-state index in [1.807, 2.05) is 6.07 Å². The minimum absolute atomic E-state index is 0.211. The number of benzene rings is 1. The lowest BCUT2D eigenvalue weighted by atomic mass is 9.69. The van der Waals surface area contributed by atoms with E-state index < -0.39 is 0 Å². The number of hydrogen-bond acceptors (Lipinski definition) is 3. The zero-order chi connectivity index (χ0) is 20.9. The minimum Gasteiger partial charge on any atom is -0.375 e. The highest BCUT2D eigenvalue weighted by atomic mass is 16.5. The highest BCUT2D eigenvalue weighted by Crippen LogP contribution is 2.51. The van der Waals surface area contributed by atoms with E-state index in [9.17, 15) is 4.79 Å². The maximum absolute atomic E-state index is 13.4. The molecule has 168 valence electrons. The zero-order valence-electron chi connectivity index (χ0n) is 18.9. The Morgan fingerprint density at radius 3 is 2.29 bits per heavy atom. The fraction of sp³-hybridized carbons (Fsp3) is 0.741. The van der Waals surface area contributed by atoms with Gasteiger partial charge in [0.1, 0.15) is 0 Å². The summed E-state index contributed by atoms with van der Waals surface area (Å²) in [6.07, 6.45) is 14.3. The van der Waals surface area contributed by atoms with Gasteiger partial charge < -0.3 is 9.64 Å². The predicted octanol–water partition coefficient (Wildman–Crippen LogP) is 4.52. The second kappa shape index (κ2) is 7.88. The molecule has 1 aromatic rings. The third-order valence-electron chi connectivity index (χ3n) is 9.16. The largest absolute Gasteiger partial charge is 0.375 e. The smallest absolute Gasteiger partial charge is 0.233 e. The molecule has 0 aromatic heterocycles. The van der Waals surface area contributed by atoms with Gasteiger partial charge in [-0.2, -0.15) is 0 Å². The predicted molar refractivity (Wildman–Crippen MR) is 122 cm³/mol. The maximum atomic E-state index is 13.4. The summed E-state index contributed by atoms with van der Waals surface area (Å²) in [6.45, 7) is 3.98. The van der Waals surface area contributed by atoms with Gasteiger partial charge >= 0.3 is 0 Å². The number of carbonyl (C=O) groups excluding carboxylic acids is 1. The summed E-state index contributed by atoms with van der Waals surface area (Å²) in [5, 5.41) is 0. The Bertz CT molecular complexity index is 787. The molecule has 1 aromatic carbocycles. The molecule has 2 aliphatic heterocycles. The van der Waals surface area contributed by atoms with Crippen molar-refractivity contribution in [2.75, 3.05) is 26.2 Å². The van der Waals surface area contributed by atoms with E-state index in [1.54, 1.807) is 0 Å². The molecule has 1 unspecified atom stereocenters. The lowest BCUT2D eigenvalue weighted by Gasteiger charge is -2.63. The van der Waals surface area contributed by atoms with E-state index >= 15 is 0 Å². The summed E-state index contributed by atoms with van der Waals surface area (Å²) in [5.41, 5.74) is 1.32. The van der Waals surface area contributed by atoms with Gasteiger partial charge in [0.15, 0.2) is 0 Å². The molecule has 3 aliphatic carbocycles. The molecule has 0 N–H and O–H groups in total. The first-order valence-electron chi connectivity index (χ1n) is 12.9. The van der Waals surface area contributed by atoms with Crippen LogP contribution in [0.5, 0.6) is 0 Å². The van der Waals surface area contributed by atoms with Crippen LogP contribution in [0.1, 0.15) is 76.2 Å². The van der Waals surface area contributed by atoms with E-state index in [0.717, 1.165) is 57.8 Å². The first kappa shape index (κ1) is 20.2. The molecule has 0 bridgehead atoms. The summed E-state index contributed by atoms with van der Waals surface area (Å²) < 4.78 is 6.47. The van der Waals surface area contributed by atoms with Gasteiger partial charge in [-0.1, -0.05) is 49.6 Å². The average molecular weight is 423 g/mol. The van der Waals surface area contributed by atoms with Crippen LogP contribution in [0.4, 0.5) is 0 Å². The Balaban J connectivity index is 1.09. The number of hydrogen-bond donors (Lipinski definition) is 0. The van der Waals surface area contributed by atoms with Crippen molar-refractivity contribution in [3.05, 3.63) is 35.9 Å². The normalized spacial score (nSPS) is 30.2. The highest BCUT2D eigenvalue weighted by Gasteiger charge is 2.57. The number of piperidine rings is 1. The molecule has 3 saturated carbocycles. The van der Waals surface area contributed by atoms with Crippen molar-refractivity contribution in [3.63, 3.8) is 0 Å². The molecule has 31 heavy (non-hydrogen) atoms. The van der Waals surface area contributed by atoms with Gasteiger partial charge in [-0.15, -0.1) is 0 Å². The Morgan fingerprint density at radius 2 is 1.65 bits per heavy atom. The summed E-state index contributed by atoms with van der Waals surface area (Å²) in [4.78, 5) is 18.5. The van der Waals surface area contributed by atoms with Crippen LogP contribution in [0.3, 0.4) is 0 Å². The molecular weight excluding hydrogens is 384 g/mol. The van der Waals surface area contributed by atoms with Crippen LogP contribution < -0.4 is 0 Å². The van der Waals surface area contributed by atoms with Crippen LogP contribution in [-0.4, -0.2) is 59.6 Å². The fourth-order valence-corrected chi connectivity index (χ4v) is 6.82. The molecule has 4 nitrogen and oxygen atoms in total. The standard InChI is InChI=1S/C27H38N2O2/c30-25(26(15-16-26)22-7-3-1-4-8-22)28-17-11-23(12-18-28)29-19-24(31-20-21-9-10-21)27(29)13-5-2-6-14-27/h1,3-4,7-8,21,23-24H,2,5-6,9-20H2. The van der Waals surface area contributed by atoms with Crippen molar-refractivity contribution in [1.82, 2.24) is 9.80 Å². The molecule has 1 spiro atoms. The highest BCUT2D eigenvalue weighted by molar-refractivity contribution is 5.91. The van der Waals surface area contributed by atoms with Crippen molar-refractivity contribution in [2.45, 2.75) is 93.7 Å². The zero-order valence-corrected chi connectivity index (χ0v) is 18.9.